The fourth-order valence-corrected chi connectivity index (χ4v) is 2.86. The van der Waals surface area contributed by atoms with Gasteiger partial charge in [0.25, 0.3) is 0 Å². The van der Waals surface area contributed by atoms with Crippen LogP contribution in [0.2, 0.25) is 0 Å². The van der Waals surface area contributed by atoms with Gasteiger partial charge in [-0.1, -0.05) is 17.4 Å². The summed E-state index contributed by atoms with van der Waals surface area (Å²) in [5, 5.41) is 0.535. The zero-order chi connectivity index (χ0) is 9.71. The molecule has 0 spiro atoms. The molecule has 1 aliphatic rings. The minimum absolute atomic E-state index is 0.231. The predicted molar refractivity (Wildman–Crippen MR) is 56.7 cm³/mol. The standard InChI is InChI=1S/C10H8N2OS/c11-10-12-6-3-1-5-2-4-7(13)8(5)9(6)14-10/h1,3H,2,4H2,(H2,11,12). The monoisotopic (exact) mass is 204 g/mol. The Kier molecular flexibility index (Phi) is 1.44. The lowest BCUT2D eigenvalue weighted by Gasteiger charge is -1.96. The first kappa shape index (κ1) is 7.94. The highest BCUT2D eigenvalue weighted by Gasteiger charge is 2.23. The van der Waals surface area contributed by atoms with E-state index in [9.17, 15) is 4.79 Å². The zero-order valence-electron chi connectivity index (χ0n) is 7.41. The average Bonchev–Trinajstić information content (AvgIpc) is 2.68. The summed E-state index contributed by atoms with van der Waals surface area (Å²) in [7, 11) is 0. The highest BCUT2D eigenvalue weighted by molar-refractivity contribution is 7.22. The van der Waals surface area contributed by atoms with Gasteiger partial charge < -0.3 is 5.73 Å². The number of Topliss-reactive ketones (excluding diaryl/α,β-unsaturated/α-hetero) is 1. The highest BCUT2D eigenvalue weighted by atomic mass is 32.1. The molecule has 1 aromatic carbocycles. The number of hydrogen-bond acceptors (Lipinski definition) is 4. The van der Waals surface area contributed by atoms with Crippen LogP contribution < -0.4 is 5.73 Å². The van der Waals surface area contributed by atoms with Crippen LogP contribution in [0.15, 0.2) is 12.1 Å². The predicted octanol–water partition coefficient (Wildman–Crippen LogP) is 2.01. The molecular formula is C10H8N2OS. The molecule has 1 heterocycles. The van der Waals surface area contributed by atoms with Crippen molar-refractivity contribution < 1.29 is 4.79 Å². The zero-order valence-corrected chi connectivity index (χ0v) is 8.23. The van der Waals surface area contributed by atoms with Gasteiger partial charge in [-0.2, -0.15) is 0 Å². The molecule has 3 rings (SSSR count). The van der Waals surface area contributed by atoms with E-state index in [1.807, 2.05) is 12.1 Å². The topological polar surface area (TPSA) is 56.0 Å². The Bertz CT molecular complexity index is 544. The van der Waals surface area contributed by atoms with E-state index in [4.69, 9.17) is 5.73 Å². The third-order valence-corrected chi connectivity index (χ3v) is 3.48. The molecule has 0 saturated heterocycles. The number of nitrogens with two attached hydrogens (primary N) is 1. The first-order valence-corrected chi connectivity index (χ1v) is 5.28. The molecule has 0 fully saturated rings. The molecule has 0 radical (unpaired) electrons. The van der Waals surface area contributed by atoms with E-state index in [0.717, 1.165) is 27.8 Å². The summed E-state index contributed by atoms with van der Waals surface area (Å²) < 4.78 is 0.961. The molecule has 0 saturated carbocycles. The summed E-state index contributed by atoms with van der Waals surface area (Å²) >= 11 is 1.41. The van der Waals surface area contributed by atoms with Gasteiger partial charge in [-0.3, -0.25) is 4.79 Å². The number of thiazole rings is 1. The summed E-state index contributed by atoms with van der Waals surface area (Å²) in [6, 6.07) is 3.93. The van der Waals surface area contributed by atoms with Gasteiger partial charge >= 0.3 is 0 Å². The number of carbonyl (C=O) groups excluding carboxylic acids is 1. The number of hydrogen-bond donors (Lipinski definition) is 1. The van der Waals surface area contributed by atoms with Crippen LogP contribution in [0.5, 0.6) is 0 Å². The van der Waals surface area contributed by atoms with Crippen LogP contribution in [-0.4, -0.2) is 10.8 Å². The molecule has 3 nitrogen and oxygen atoms in total. The van der Waals surface area contributed by atoms with Gasteiger partial charge in [-0.15, -0.1) is 0 Å². The lowest BCUT2D eigenvalue weighted by Crippen LogP contribution is -1.90. The van der Waals surface area contributed by atoms with Crippen LogP contribution in [-0.2, 0) is 6.42 Å². The molecule has 0 amide bonds. The van der Waals surface area contributed by atoms with E-state index in [2.05, 4.69) is 4.98 Å². The van der Waals surface area contributed by atoms with Crippen molar-refractivity contribution in [3.8, 4) is 0 Å². The summed E-state index contributed by atoms with van der Waals surface area (Å²) in [6.45, 7) is 0. The van der Waals surface area contributed by atoms with Gasteiger partial charge in [-0.25, -0.2) is 4.98 Å². The third-order valence-electron chi connectivity index (χ3n) is 2.56. The Hall–Kier alpha value is -1.42. The highest BCUT2D eigenvalue weighted by Crippen LogP contribution is 2.34. The minimum Gasteiger partial charge on any atom is -0.375 e. The molecule has 70 valence electrons. The Labute approximate surface area is 84.6 Å². The number of benzene rings is 1. The number of ketones is 1. The maximum atomic E-state index is 11.6. The molecule has 2 aromatic rings. The fraction of sp³-hybridized carbons (Fsp3) is 0.200. The molecule has 2 N–H and O–H groups in total. The molecule has 0 bridgehead atoms. The number of rotatable bonds is 0. The Balaban J connectivity index is 2.46. The summed E-state index contributed by atoms with van der Waals surface area (Å²) in [4.78, 5) is 15.8. The van der Waals surface area contributed by atoms with Crippen molar-refractivity contribution in [1.29, 1.82) is 0 Å². The van der Waals surface area contributed by atoms with Gasteiger partial charge in [0, 0.05) is 12.0 Å². The van der Waals surface area contributed by atoms with E-state index >= 15 is 0 Å². The van der Waals surface area contributed by atoms with Gasteiger partial charge in [0.1, 0.15) is 0 Å². The molecule has 1 aliphatic carbocycles. The first-order valence-electron chi connectivity index (χ1n) is 4.47. The molecule has 14 heavy (non-hydrogen) atoms. The summed E-state index contributed by atoms with van der Waals surface area (Å²) in [5.41, 5.74) is 8.48. The molecular weight excluding hydrogens is 196 g/mol. The minimum atomic E-state index is 0.231. The SMILES string of the molecule is Nc1nc2ccc3c(c2s1)C(=O)CC3. The first-order chi connectivity index (χ1) is 6.75. The number of carbonyl (C=O) groups is 1. The smallest absolute Gasteiger partial charge is 0.181 e. The van der Waals surface area contributed by atoms with Gasteiger partial charge in [0.05, 0.1) is 10.2 Å². The second-order valence-electron chi connectivity index (χ2n) is 3.42. The summed E-state index contributed by atoms with van der Waals surface area (Å²) in [5.74, 6) is 0.231. The van der Waals surface area contributed by atoms with Crippen LogP contribution in [0.4, 0.5) is 5.13 Å². The Morgan fingerprint density at radius 3 is 3.07 bits per heavy atom. The van der Waals surface area contributed by atoms with E-state index < -0.39 is 0 Å². The fourth-order valence-electron chi connectivity index (χ4n) is 1.94. The molecule has 0 unspecified atom stereocenters. The van der Waals surface area contributed by atoms with Gasteiger partial charge in [-0.05, 0) is 18.1 Å². The number of aromatic nitrogens is 1. The molecule has 0 atom stereocenters. The van der Waals surface area contributed by atoms with Gasteiger partial charge in [0.2, 0.25) is 0 Å². The maximum Gasteiger partial charge on any atom is 0.181 e. The van der Waals surface area contributed by atoms with E-state index in [1.54, 1.807) is 0 Å². The maximum absolute atomic E-state index is 11.6. The largest absolute Gasteiger partial charge is 0.375 e. The van der Waals surface area contributed by atoms with E-state index in [-0.39, 0.29) is 5.78 Å². The average molecular weight is 204 g/mol. The van der Waals surface area contributed by atoms with Crippen molar-refractivity contribution in [1.82, 2.24) is 4.98 Å². The van der Waals surface area contributed by atoms with Crippen molar-refractivity contribution in [2.45, 2.75) is 12.8 Å². The van der Waals surface area contributed by atoms with Gasteiger partial charge in [0.15, 0.2) is 10.9 Å². The number of anilines is 1. The summed E-state index contributed by atoms with van der Waals surface area (Å²) in [6.07, 6.45) is 1.49. The van der Waals surface area contributed by atoms with Crippen LogP contribution in [0.25, 0.3) is 10.2 Å². The Morgan fingerprint density at radius 1 is 1.36 bits per heavy atom. The normalized spacial score (nSPS) is 15.0. The number of aryl methyl sites for hydroxylation is 1. The van der Waals surface area contributed by atoms with Crippen molar-refractivity contribution >= 4 is 32.5 Å². The second kappa shape index (κ2) is 2.54. The van der Waals surface area contributed by atoms with Crippen molar-refractivity contribution in [2.24, 2.45) is 0 Å². The lowest BCUT2D eigenvalue weighted by molar-refractivity contribution is 0.0996. The van der Waals surface area contributed by atoms with Crippen LogP contribution in [0.3, 0.4) is 0 Å². The van der Waals surface area contributed by atoms with Crippen molar-refractivity contribution in [3.63, 3.8) is 0 Å². The molecule has 4 heteroatoms. The van der Waals surface area contributed by atoms with E-state index in [1.165, 1.54) is 11.3 Å². The van der Waals surface area contributed by atoms with Crippen LogP contribution in [0.1, 0.15) is 22.3 Å². The van der Waals surface area contributed by atoms with Crippen LogP contribution >= 0.6 is 11.3 Å². The number of nitrogen functional groups attached to an aromatic ring is 1. The molecule has 0 aliphatic heterocycles. The Morgan fingerprint density at radius 2 is 2.21 bits per heavy atom. The van der Waals surface area contributed by atoms with Crippen LogP contribution in [0, 0.1) is 0 Å². The second-order valence-corrected chi connectivity index (χ2v) is 4.45. The van der Waals surface area contributed by atoms with Crippen molar-refractivity contribution in [2.75, 3.05) is 5.73 Å². The van der Waals surface area contributed by atoms with Crippen molar-refractivity contribution in [3.05, 3.63) is 23.3 Å². The number of nitrogens with zero attached hydrogens (tertiary/aromatic N) is 1. The third kappa shape index (κ3) is 0.915. The lowest BCUT2D eigenvalue weighted by atomic mass is 10.1. The number of fused-ring (bicyclic) bond motifs is 3. The molecule has 1 aromatic heterocycles. The quantitative estimate of drug-likeness (QED) is 0.714. The van der Waals surface area contributed by atoms with E-state index in [0.29, 0.717) is 11.6 Å².